The highest BCUT2D eigenvalue weighted by Gasteiger charge is 2.32. The fourth-order valence-electron chi connectivity index (χ4n) is 3.19. The summed E-state index contributed by atoms with van der Waals surface area (Å²) in [7, 11) is 3.82. The lowest BCUT2D eigenvalue weighted by molar-refractivity contribution is 0.0638. The molecule has 1 N–H and O–H groups in total. The second kappa shape index (κ2) is 8.52. The number of methoxy groups -OCH3 is 1. The number of nitrogens with one attached hydrogen (secondary N) is 1. The lowest BCUT2D eigenvalue weighted by Gasteiger charge is -2.40. The van der Waals surface area contributed by atoms with Gasteiger partial charge in [-0.25, -0.2) is 0 Å². The third kappa shape index (κ3) is 5.10. The van der Waals surface area contributed by atoms with Crippen LogP contribution in [0.3, 0.4) is 0 Å². The number of hydrogen-bond donors (Lipinski definition) is 1. The Labute approximate surface area is 130 Å². The second-order valence-corrected chi connectivity index (χ2v) is 6.49. The van der Waals surface area contributed by atoms with E-state index in [4.69, 9.17) is 4.74 Å². The van der Waals surface area contributed by atoms with Crippen LogP contribution in [0.2, 0.25) is 0 Å². The lowest BCUT2D eigenvalue weighted by atomic mass is 9.79. The van der Waals surface area contributed by atoms with Gasteiger partial charge in [0.1, 0.15) is 0 Å². The highest BCUT2D eigenvalue weighted by atomic mass is 16.5. The standard InChI is InChI=1S/C18H32N2O/c1-7-20(15(2)13-21-6)14-18(3,4)17(19-5)16-11-9-8-10-12-16/h8-12,15,17,19H,7,13-14H2,1-6H3. The maximum absolute atomic E-state index is 5.32. The highest BCUT2D eigenvalue weighted by molar-refractivity contribution is 5.21. The molecule has 0 radical (unpaired) electrons. The van der Waals surface area contributed by atoms with Crippen molar-refractivity contribution in [2.45, 2.75) is 39.8 Å². The van der Waals surface area contributed by atoms with Gasteiger partial charge in [0.25, 0.3) is 0 Å². The summed E-state index contributed by atoms with van der Waals surface area (Å²) in [5.74, 6) is 0. The van der Waals surface area contributed by atoms with Crippen molar-refractivity contribution in [3.8, 4) is 0 Å². The topological polar surface area (TPSA) is 24.5 Å². The average molecular weight is 292 g/mol. The van der Waals surface area contributed by atoms with E-state index in [1.54, 1.807) is 7.11 Å². The number of ether oxygens (including phenoxy) is 1. The van der Waals surface area contributed by atoms with Crippen LogP contribution in [0.1, 0.15) is 39.3 Å². The summed E-state index contributed by atoms with van der Waals surface area (Å²) in [5, 5.41) is 3.50. The van der Waals surface area contributed by atoms with Crippen molar-refractivity contribution < 1.29 is 4.74 Å². The fraction of sp³-hybridized carbons (Fsp3) is 0.667. The van der Waals surface area contributed by atoms with Crippen LogP contribution in [0.15, 0.2) is 30.3 Å². The Bertz CT molecular complexity index is 391. The molecule has 0 saturated heterocycles. The largest absolute Gasteiger partial charge is 0.383 e. The molecule has 0 aliphatic rings. The van der Waals surface area contributed by atoms with E-state index in [0.717, 1.165) is 19.7 Å². The Morgan fingerprint density at radius 3 is 2.33 bits per heavy atom. The first kappa shape index (κ1) is 18.1. The molecule has 2 unspecified atom stereocenters. The van der Waals surface area contributed by atoms with Crippen molar-refractivity contribution in [1.29, 1.82) is 0 Å². The predicted molar refractivity (Wildman–Crippen MR) is 90.6 cm³/mol. The molecule has 1 aromatic carbocycles. The third-order valence-electron chi connectivity index (χ3n) is 4.25. The number of benzene rings is 1. The molecular weight excluding hydrogens is 260 g/mol. The highest BCUT2D eigenvalue weighted by Crippen LogP contribution is 2.34. The summed E-state index contributed by atoms with van der Waals surface area (Å²) in [4.78, 5) is 2.50. The van der Waals surface area contributed by atoms with Gasteiger partial charge in [0.15, 0.2) is 0 Å². The van der Waals surface area contributed by atoms with Gasteiger partial charge in [-0.05, 0) is 31.5 Å². The van der Waals surface area contributed by atoms with E-state index < -0.39 is 0 Å². The molecule has 0 saturated carbocycles. The molecule has 0 heterocycles. The normalized spacial score (nSPS) is 15.2. The van der Waals surface area contributed by atoms with E-state index in [2.05, 4.69) is 68.2 Å². The predicted octanol–water partition coefficient (Wildman–Crippen LogP) is 3.33. The van der Waals surface area contributed by atoms with E-state index in [-0.39, 0.29) is 5.41 Å². The molecule has 3 heteroatoms. The minimum absolute atomic E-state index is 0.133. The first-order valence-corrected chi connectivity index (χ1v) is 7.91. The summed E-state index contributed by atoms with van der Waals surface area (Å²) in [6.07, 6.45) is 0. The zero-order valence-corrected chi connectivity index (χ0v) is 14.5. The van der Waals surface area contributed by atoms with Crippen LogP contribution in [0.25, 0.3) is 0 Å². The summed E-state index contributed by atoms with van der Waals surface area (Å²) in [5.41, 5.74) is 1.48. The van der Waals surface area contributed by atoms with E-state index in [1.807, 2.05) is 7.05 Å². The Hall–Kier alpha value is -0.900. The number of hydrogen-bond acceptors (Lipinski definition) is 3. The minimum Gasteiger partial charge on any atom is -0.383 e. The van der Waals surface area contributed by atoms with E-state index in [0.29, 0.717) is 12.1 Å². The maximum Gasteiger partial charge on any atom is 0.0615 e. The van der Waals surface area contributed by atoms with Crippen molar-refractivity contribution in [2.24, 2.45) is 5.41 Å². The van der Waals surface area contributed by atoms with Crippen molar-refractivity contribution >= 4 is 0 Å². The SMILES string of the molecule is CCN(CC(C)(C)C(NC)c1ccccc1)C(C)COC. The molecule has 3 nitrogen and oxygen atoms in total. The van der Waals surface area contributed by atoms with Gasteiger partial charge in [0, 0.05) is 25.7 Å². The van der Waals surface area contributed by atoms with Gasteiger partial charge in [0.2, 0.25) is 0 Å². The van der Waals surface area contributed by atoms with Crippen molar-refractivity contribution in [2.75, 3.05) is 33.9 Å². The monoisotopic (exact) mass is 292 g/mol. The Kier molecular flexibility index (Phi) is 7.36. The van der Waals surface area contributed by atoms with Crippen LogP contribution < -0.4 is 5.32 Å². The average Bonchev–Trinajstić information content (AvgIpc) is 2.46. The van der Waals surface area contributed by atoms with Crippen molar-refractivity contribution in [1.82, 2.24) is 10.2 Å². The zero-order chi connectivity index (χ0) is 15.9. The number of rotatable bonds is 9. The van der Waals surface area contributed by atoms with Gasteiger partial charge in [-0.2, -0.15) is 0 Å². The van der Waals surface area contributed by atoms with Crippen LogP contribution in [-0.2, 0) is 4.74 Å². The Morgan fingerprint density at radius 2 is 1.86 bits per heavy atom. The van der Waals surface area contributed by atoms with E-state index in [9.17, 15) is 0 Å². The smallest absolute Gasteiger partial charge is 0.0615 e. The van der Waals surface area contributed by atoms with Crippen LogP contribution >= 0.6 is 0 Å². The molecule has 0 fully saturated rings. The molecule has 120 valence electrons. The lowest BCUT2D eigenvalue weighted by Crippen LogP contribution is -2.46. The van der Waals surface area contributed by atoms with Crippen molar-refractivity contribution in [3.05, 3.63) is 35.9 Å². The van der Waals surface area contributed by atoms with Crippen LogP contribution in [0.5, 0.6) is 0 Å². The van der Waals surface area contributed by atoms with Crippen LogP contribution in [-0.4, -0.2) is 44.8 Å². The minimum atomic E-state index is 0.133. The van der Waals surface area contributed by atoms with Crippen LogP contribution in [0, 0.1) is 5.41 Å². The fourth-order valence-corrected chi connectivity index (χ4v) is 3.19. The van der Waals surface area contributed by atoms with E-state index in [1.165, 1.54) is 5.56 Å². The molecule has 0 aliphatic carbocycles. The molecule has 0 bridgehead atoms. The number of nitrogens with zero attached hydrogens (tertiary/aromatic N) is 1. The van der Waals surface area contributed by atoms with Gasteiger partial charge < -0.3 is 10.1 Å². The van der Waals surface area contributed by atoms with Gasteiger partial charge in [-0.15, -0.1) is 0 Å². The second-order valence-electron chi connectivity index (χ2n) is 6.49. The quantitative estimate of drug-likeness (QED) is 0.755. The molecule has 0 spiro atoms. The summed E-state index contributed by atoms with van der Waals surface area (Å²) >= 11 is 0. The maximum atomic E-state index is 5.32. The van der Waals surface area contributed by atoms with Crippen LogP contribution in [0.4, 0.5) is 0 Å². The van der Waals surface area contributed by atoms with Gasteiger partial charge in [-0.1, -0.05) is 51.1 Å². The van der Waals surface area contributed by atoms with Gasteiger partial charge in [0.05, 0.1) is 6.61 Å². The van der Waals surface area contributed by atoms with Crippen molar-refractivity contribution in [3.63, 3.8) is 0 Å². The summed E-state index contributed by atoms with van der Waals surface area (Å²) < 4.78 is 5.32. The Morgan fingerprint density at radius 1 is 1.24 bits per heavy atom. The molecule has 0 aliphatic heterocycles. The first-order chi connectivity index (χ1) is 9.96. The summed E-state index contributed by atoms with van der Waals surface area (Å²) in [6.45, 7) is 12.0. The van der Waals surface area contributed by atoms with Gasteiger partial charge >= 0.3 is 0 Å². The molecule has 0 amide bonds. The first-order valence-electron chi connectivity index (χ1n) is 7.91. The third-order valence-corrected chi connectivity index (χ3v) is 4.25. The van der Waals surface area contributed by atoms with Gasteiger partial charge in [-0.3, -0.25) is 4.90 Å². The van der Waals surface area contributed by atoms with E-state index >= 15 is 0 Å². The molecule has 21 heavy (non-hydrogen) atoms. The zero-order valence-electron chi connectivity index (χ0n) is 14.5. The summed E-state index contributed by atoms with van der Waals surface area (Å²) in [6, 6.07) is 11.5. The molecule has 1 rings (SSSR count). The molecule has 1 aromatic rings. The Balaban J connectivity index is 2.86. The molecular formula is C18H32N2O. The molecule has 0 aromatic heterocycles. The number of likely N-dealkylation sites (N-methyl/N-ethyl adjacent to an activating group) is 1. The molecule has 2 atom stereocenters.